The van der Waals surface area contributed by atoms with E-state index < -0.39 is 0 Å². The molecule has 88 valence electrons. The van der Waals surface area contributed by atoms with Gasteiger partial charge < -0.3 is 15.2 Å². The molecule has 0 aliphatic carbocycles. The number of nitrogens with two attached hydrogens (primary N) is 1. The number of hydrogen-bond donors (Lipinski definition) is 1. The summed E-state index contributed by atoms with van der Waals surface area (Å²) < 4.78 is 10.5. The van der Waals surface area contributed by atoms with Gasteiger partial charge in [-0.3, -0.25) is 0 Å². The molecule has 0 saturated carbocycles. The second-order valence-corrected chi connectivity index (χ2v) is 3.36. The van der Waals surface area contributed by atoms with Gasteiger partial charge in [0.15, 0.2) is 0 Å². The second kappa shape index (κ2) is 5.27. The highest BCUT2D eigenvalue weighted by Gasteiger charge is 2.00. The largest absolute Gasteiger partial charge is 0.497 e. The fourth-order valence-corrected chi connectivity index (χ4v) is 1.25. The molecule has 1 heterocycles. The van der Waals surface area contributed by atoms with Crippen molar-refractivity contribution in [2.45, 2.75) is 6.54 Å². The van der Waals surface area contributed by atoms with Gasteiger partial charge in [0.25, 0.3) is 0 Å². The number of nitrogens with zero attached hydrogens (tertiary/aromatic N) is 2. The van der Waals surface area contributed by atoms with E-state index in [0.29, 0.717) is 18.3 Å². The third-order valence-electron chi connectivity index (χ3n) is 2.19. The SMILES string of the molecule is COc1ccc(Oc2ncc(CN)cn2)cc1. The molecule has 2 aromatic rings. The molecular formula is C12H13N3O2. The first-order chi connectivity index (χ1) is 8.31. The highest BCUT2D eigenvalue weighted by molar-refractivity contribution is 5.32. The minimum atomic E-state index is 0.298. The van der Waals surface area contributed by atoms with Crippen LogP contribution in [0.4, 0.5) is 0 Å². The maximum atomic E-state index is 5.46. The molecule has 0 radical (unpaired) electrons. The maximum absolute atomic E-state index is 5.46. The number of rotatable bonds is 4. The van der Waals surface area contributed by atoms with E-state index >= 15 is 0 Å². The number of hydrogen-bond acceptors (Lipinski definition) is 5. The van der Waals surface area contributed by atoms with Crippen molar-refractivity contribution >= 4 is 0 Å². The van der Waals surface area contributed by atoms with Crippen LogP contribution in [0.3, 0.4) is 0 Å². The van der Waals surface area contributed by atoms with Crippen molar-refractivity contribution in [3.05, 3.63) is 42.2 Å². The molecule has 1 aromatic heterocycles. The zero-order valence-corrected chi connectivity index (χ0v) is 9.46. The van der Waals surface area contributed by atoms with E-state index in [9.17, 15) is 0 Å². The molecule has 0 amide bonds. The van der Waals surface area contributed by atoms with Crippen molar-refractivity contribution in [3.63, 3.8) is 0 Å². The van der Waals surface area contributed by atoms with Crippen molar-refractivity contribution in [1.82, 2.24) is 9.97 Å². The van der Waals surface area contributed by atoms with Crippen LogP contribution in [-0.4, -0.2) is 17.1 Å². The van der Waals surface area contributed by atoms with E-state index in [1.54, 1.807) is 31.6 Å². The second-order valence-electron chi connectivity index (χ2n) is 3.36. The zero-order valence-electron chi connectivity index (χ0n) is 9.46. The van der Waals surface area contributed by atoms with Crippen LogP contribution in [0.5, 0.6) is 17.5 Å². The van der Waals surface area contributed by atoms with Gasteiger partial charge in [-0.25, -0.2) is 9.97 Å². The molecule has 2 rings (SSSR count). The average molecular weight is 231 g/mol. The van der Waals surface area contributed by atoms with Crippen LogP contribution in [0.15, 0.2) is 36.7 Å². The van der Waals surface area contributed by atoms with E-state index in [2.05, 4.69) is 9.97 Å². The standard InChI is InChI=1S/C12H13N3O2/c1-16-10-2-4-11(5-3-10)17-12-14-7-9(6-13)8-15-12/h2-5,7-8H,6,13H2,1H3. The molecule has 1 aromatic carbocycles. The molecule has 0 saturated heterocycles. The average Bonchev–Trinajstić information content (AvgIpc) is 2.40. The van der Waals surface area contributed by atoms with Crippen molar-refractivity contribution < 1.29 is 9.47 Å². The third-order valence-corrected chi connectivity index (χ3v) is 2.19. The summed E-state index contributed by atoms with van der Waals surface area (Å²) in [7, 11) is 1.62. The lowest BCUT2D eigenvalue weighted by molar-refractivity contribution is 0.410. The quantitative estimate of drug-likeness (QED) is 0.867. The lowest BCUT2D eigenvalue weighted by Gasteiger charge is -2.04. The van der Waals surface area contributed by atoms with Crippen LogP contribution in [-0.2, 0) is 6.54 Å². The number of aromatic nitrogens is 2. The van der Waals surface area contributed by atoms with Crippen LogP contribution in [0.25, 0.3) is 0 Å². The summed E-state index contributed by atoms with van der Waals surface area (Å²) in [6.07, 6.45) is 3.29. The minimum Gasteiger partial charge on any atom is -0.497 e. The normalized spacial score (nSPS) is 10.0. The first-order valence-corrected chi connectivity index (χ1v) is 5.14. The zero-order chi connectivity index (χ0) is 12.1. The smallest absolute Gasteiger partial charge is 0.321 e. The molecule has 0 unspecified atom stereocenters. The molecule has 2 N–H and O–H groups in total. The lowest BCUT2D eigenvalue weighted by atomic mass is 10.3. The van der Waals surface area contributed by atoms with Crippen molar-refractivity contribution in [2.75, 3.05) is 7.11 Å². The molecular weight excluding hydrogens is 218 g/mol. The summed E-state index contributed by atoms with van der Waals surface area (Å²) in [5, 5.41) is 0. The minimum absolute atomic E-state index is 0.298. The molecule has 5 heteroatoms. The monoisotopic (exact) mass is 231 g/mol. The fourth-order valence-electron chi connectivity index (χ4n) is 1.25. The van der Waals surface area contributed by atoms with E-state index in [4.69, 9.17) is 15.2 Å². The summed E-state index contributed by atoms with van der Waals surface area (Å²) in [6, 6.07) is 7.50. The Hall–Kier alpha value is -2.14. The Labute approximate surface area is 99.2 Å². The molecule has 17 heavy (non-hydrogen) atoms. The Bertz CT molecular complexity index is 423. The van der Waals surface area contributed by atoms with Gasteiger partial charge in [-0.1, -0.05) is 0 Å². The van der Waals surface area contributed by atoms with Crippen LogP contribution < -0.4 is 15.2 Å². The van der Waals surface area contributed by atoms with Gasteiger partial charge in [-0.2, -0.15) is 0 Å². The predicted octanol–water partition coefficient (Wildman–Crippen LogP) is 1.74. The Morgan fingerprint density at radius 1 is 1.06 bits per heavy atom. The topological polar surface area (TPSA) is 70.3 Å². The van der Waals surface area contributed by atoms with E-state index in [0.717, 1.165) is 11.3 Å². The van der Waals surface area contributed by atoms with Crippen LogP contribution in [0.1, 0.15) is 5.56 Å². The van der Waals surface area contributed by atoms with E-state index in [-0.39, 0.29) is 0 Å². The summed E-state index contributed by atoms with van der Waals surface area (Å²) in [5.74, 6) is 1.43. The fraction of sp³-hybridized carbons (Fsp3) is 0.167. The van der Waals surface area contributed by atoms with Crippen molar-refractivity contribution in [2.24, 2.45) is 5.73 Å². The molecule has 5 nitrogen and oxygen atoms in total. The molecule has 0 fully saturated rings. The number of ether oxygens (including phenoxy) is 2. The Morgan fingerprint density at radius 2 is 1.65 bits per heavy atom. The summed E-state index contributed by atoms with van der Waals surface area (Å²) >= 11 is 0. The highest BCUT2D eigenvalue weighted by atomic mass is 16.5. The first-order valence-electron chi connectivity index (χ1n) is 5.14. The summed E-state index contributed by atoms with van der Waals surface area (Å²) in [6.45, 7) is 0.419. The van der Waals surface area contributed by atoms with Crippen LogP contribution in [0, 0.1) is 0 Å². The number of benzene rings is 1. The van der Waals surface area contributed by atoms with Gasteiger partial charge in [0, 0.05) is 24.5 Å². The van der Waals surface area contributed by atoms with E-state index in [1.807, 2.05) is 12.1 Å². The van der Waals surface area contributed by atoms with Gasteiger partial charge >= 0.3 is 6.01 Å². The molecule has 0 spiro atoms. The molecule has 0 aliphatic heterocycles. The lowest BCUT2D eigenvalue weighted by Crippen LogP contribution is -1.99. The van der Waals surface area contributed by atoms with Gasteiger partial charge in [0.05, 0.1) is 7.11 Å². The van der Waals surface area contributed by atoms with Crippen molar-refractivity contribution in [1.29, 1.82) is 0 Å². The predicted molar refractivity (Wildman–Crippen MR) is 63.0 cm³/mol. The molecule has 0 aliphatic rings. The Balaban J connectivity index is 2.08. The number of methoxy groups -OCH3 is 1. The van der Waals surface area contributed by atoms with Gasteiger partial charge in [0.1, 0.15) is 11.5 Å². The van der Waals surface area contributed by atoms with Gasteiger partial charge in [-0.15, -0.1) is 0 Å². The van der Waals surface area contributed by atoms with Crippen LogP contribution >= 0.6 is 0 Å². The van der Waals surface area contributed by atoms with Crippen LogP contribution in [0.2, 0.25) is 0 Å². The summed E-state index contributed by atoms with van der Waals surface area (Å²) in [5.41, 5.74) is 6.32. The Kier molecular flexibility index (Phi) is 3.52. The molecule has 0 bridgehead atoms. The summed E-state index contributed by atoms with van der Waals surface area (Å²) in [4.78, 5) is 8.09. The first kappa shape index (κ1) is 11.3. The molecule has 0 atom stereocenters. The third kappa shape index (κ3) is 2.92. The highest BCUT2D eigenvalue weighted by Crippen LogP contribution is 2.20. The maximum Gasteiger partial charge on any atom is 0.321 e. The van der Waals surface area contributed by atoms with Crippen molar-refractivity contribution in [3.8, 4) is 17.5 Å². The van der Waals surface area contributed by atoms with Gasteiger partial charge in [-0.05, 0) is 24.3 Å². The Morgan fingerprint density at radius 3 is 2.18 bits per heavy atom. The van der Waals surface area contributed by atoms with E-state index in [1.165, 1.54) is 0 Å². The van der Waals surface area contributed by atoms with Gasteiger partial charge in [0.2, 0.25) is 0 Å².